The number of carbonyl (C=O) groups is 10. The molecule has 6 rings (SSSR count). The van der Waals surface area contributed by atoms with Crippen molar-refractivity contribution in [2.24, 2.45) is 20.5 Å². The zero-order chi connectivity index (χ0) is 65.5. The Labute approximate surface area is 526 Å². The molecule has 8 N–H and O–H groups in total. The van der Waals surface area contributed by atoms with Crippen LogP contribution in [0.3, 0.4) is 0 Å². The number of hydrogen-bond donors (Lipinski definition) is 8. The van der Waals surface area contributed by atoms with Gasteiger partial charge >= 0.3 is 6.03 Å². The Hall–Kier alpha value is -8.98. The third-order valence-electron chi connectivity index (χ3n) is 15.1. The third-order valence-corrected chi connectivity index (χ3v) is 15.1. The maximum Gasteiger partial charge on any atom is 0.328 e. The van der Waals surface area contributed by atoms with Gasteiger partial charge in [-0.1, -0.05) is 67.5 Å². The van der Waals surface area contributed by atoms with E-state index in [4.69, 9.17) is 0 Å². The van der Waals surface area contributed by atoms with E-state index in [9.17, 15) is 47.9 Å². The average molecular weight is 1240 g/mol. The minimum Gasteiger partial charge on any atom is -0.352 e. The number of anilines is 2. The molecule has 2 heterocycles. The molecular formula is C64H88N16O10. The van der Waals surface area contributed by atoms with Crippen molar-refractivity contribution in [2.45, 2.75) is 93.2 Å². The van der Waals surface area contributed by atoms with Crippen molar-refractivity contribution in [3.63, 3.8) is 0 Å². The number of para-hydroxylation sites is 1. The summed E-state index contributed by atoms with van der Waals surface area (Å²) < 4.78 is 0. The van der Waals surface area contributed by atoms with Crippen molar-refractivity contribution in [2.75, 3.05) is 115 Å². The molecule has 0 aliphatic carbocycles. The summed E-state index contributed by atoms with van der Waals surface area (Å²) in [7, 11) is 0. The monoisotopic (exact) mass is 1240 g/mol. The van der Waals surface area contributed by atoms with Crippen LogP contribution in [0.25, 0.3) is 0 Å². The Morgan fingerprint density at radius 1 is 0.411 bits per heavy atom. The fraction of sp³-hybridized carbons (Fsp3) is 0.469. The van der Waals surface area contributed by atoms with Crippen LogP contribution in [0.1, 0.15) is 143 Å². The minimum atomic E-state index is -1.52. The van der Waals surface area contributed by atoms with Crippen molar-refractivity contribution in [1.29, 1.82) is 0 Å². The largest absolute Gasteiger partial charge is 0.352 e. The maximum atomic E-state index is 13.2. The zero-order valence-electron chi connectivity index (χ0n) is 53.0. The third kappa shape index (κ3) is 22.6. The van der Waals surface area contributed by atoms with Crippen LogP contribution >= 0.6 is 0 Å². The summed E-state index contributed by atoms with van der Waals surface area (Å²) >= 11 is 0. The Bertz CT molecular complexity index is 3050. The van der Waals surface area contributed by atoms with E-state index < -0.39 is 47.5 Å². The fourth-order valence-corrected chi connectivity index (χ4v) is 9.61. The smallest absolute Gasteiger partial charge is 0.328 e. The number of imide groups is 2. The highest BCUT2D eigenvalue weighted by atomic mass is 16.2. The highest BCUT2D eigenvalue weighted by Crippen LogP contribution is 2.26. The first-order valence-electron chi connectivity index (χ1n) is 31.0. The first-order valence-corrected chi connectivity index (χ1v) is 31.0. The number of Topliss-reactive ketones (excluding diaryl/α,β-unsaturated/α-hetero) is 1. The van der Waals surface area contributed by atoms with Crippen molar-refractivity contribution in [1.82, 2.24) is 51.5 Å². The van der Waals surface area contributed by atoms with E-state index in [-0.39, 0.29) is 68.5 Å². The van der Waals surface area contributed by atoms with Gasteiger partial charge in [0.05, 0.1) is 17.1 Å². The molecule has 1 fully saturated rings. The van der Waals surface area contributed by atoms with Gasteiger partial charge in [-0.25, -0.2) is 4.79 Å². The number of fused-ring (bicyclic) bond motifs is 1. The van der Waals surface area contributed by atoms with Gasteiger partial charge in [-0.15, -0.1) is 0 Å². The van der Waals surface area contributed by atoms with E-state index in [0.29, 0.717) is 37.4 Å². The lowest BCUT2D eigenvalue weighted by molar-refractivity contribution is -0.131. The van der Waals surface area contributed by atoms with Crippen LogP contribution in [-0.2, 0) is 14.4 Å². The summed E-state index contributed by atoms with van der Waals surface area (Å²) in [4.78, 5) is 135. The van der Waals surface area contributed by atoms with Crippen molar-refractivity contribution >= 4 is 81.8 Å². The normalized spacial score (nSPS) is 14.1. The van der Waals surface area contributed by atoms with Gasteiger partial charge < -0.3 is 51.5 Å². The number of benzene rings is 4. The molecule has 90 heavy (non-hydrogen) atoms. The Morgan fingerprint density at radius 3 is 1.19 bits per heavy atom. The molecule has 1 unspecified atom stereocenters. The standard InChI is InChI=1S/C33H45N9O6.C31H43N7O4/c1-5-41(6-2)17-9-15-34-28(43)23-19-24(29(44)35-16-10-18-42(7-3)8-4)21-26(20-23)36-30(45)22-11-13-25(14-12-22)39-40-27-31(46)37-33(48)38-32(27)47;1-5-37(6-2)17-11-15-32-29(40)22-19-23(30(41)33-16-12-18-38(7-3)8-4)21-24(20-22)35-36-27-28(39)25-13-9-10-14-26(25)34-31(27)42/h11-14,19-21,27H,5-10,15-18H2,1-4H3,(H,34,43)(H,35,44)(H,36,45)(H2,37,38,46,47,48);9-10,13-14,19-21,27H,5-8,11-12,15-18H2,1-4H3,(H,32,40)(H,33,41)(H,34,42). The highest BCUT2D eigenvalue weighted by molar-refractivity contribution is 6.24. The van der Waals surface area contributed by atoms with E-state index in [1.165, 1.54) is 60.7 Å². The van der Waals surface area contributed by atoms with Gasteiger partial charge in [-0.2, -0.15) is 20.5 Å². The lowest BCUT2D eigenvalue weighted by Gasteiger charge is -2.19. The quantitative estimate of drug-likeness (QED) is 0.0139. The van der Waals surface area contributed by atoms with Gasteiger partial charge in [0.2, 0.25) is 17.9 Å². The molecule has 4 aromatic rings. The summed E-state index contributed by atoms with van der Waals surface area (Å²) in [5.74, 6) is -4.77. The number of carbonyl (C=O) groups excluding carboxylic acids is 10. The molecule has 0 saturated carbocycles. The number of urea groups is 1. The predicted octanol–water partition coefficient (Wildman–Crippen LogP) is 6.58. The molecule has 26 heteroatoms. The number of azo groups is 2. The second-order valence-electron chi connectivity index (χ2n) is 21.1. The molecule has 0 radical (unpaired) electrons. The molecule has 1 saturated heterocycles. The molecule has 4 aromatic carbocycles. The molecule has 10 amide bonds. The van der Waals surface area contributed by atoms with Crippen molar-refractivity contribution in [3.8, 4) is 0 Å². The topological polar surface area (TPSA) is 329 Å². The summed E-state index contributed by atoms with van der Waals surface area (Å²) in [6.07, 6.45) is 3.10. The summed E-state index contributed by atoms with van der Waals surface area (Å²) in [6, 6.07) is 17.8. The SMILES string of the molecule is CCN(CC)CCCNC(=O)c1cc(N=NC2C(=O)Nc3ccccc3C2=O)cc(C(=O)NCCCN(CC)CC)c1.CCN(CC)CCCNC(=O)c1cc(NC(=O)c2ccc(N=NC3C(=O)NC(=O)NC3=O)cc2)cc(C(=O)NCCCN(CC)CC)c1. The van der Waals surface area contributed by atoms with Crippen LogP contribution in [0.4, 0.5) is 27.5 Å². The van der Waals surface area contributed by atoms with Gasteiger partial charge in [-0.3, -0.25) is 53.8 Å². The van der Waals surface area contributed by atoms with Crippen LogP contribution in [0.5, 0.6) is 0 Å². The van der Waals surface area contributed by atoms with Crippen LogP contribution in [0.2, 0.25) is 0 Å². The fourth-order valence-electron chi connectivity index (χ4n) is 9.61. The number of amides is 10. The molecule has 0 aromatic heterocycles. The zero-order valence-corrected chi connectivity index (χ0v) is 53.0. The summed E-state index contributed by atoms with van der Waals surface area (Å²) in [5, 5.41) is 36.7. The van der Waals surface area contributed by atoms with E-state index in [1.807, 2.05) is 10.6 Å². The Kier molecular flexibility index (Phi) is 30.1. The lowest BCUT2D eigenvalue weighted by Crippen LogP contribution is -2.57. The lowest BCUT2D eigenvalue weighted by atomic mass is 9.98. The minimum absolute atomic E-state index is 0.193. The average Bonchev–Trinajstić information content (AvgIpc) is 1.52. The van der Waals surface area contributed by atoms with Crippen molar-refractivity contribution in [3.05, 3.63) is 118 Å². The Morgan fingerprint density at radius 2 is 0.778 bits per heavy atom. The first kappa shape index (κ1) is 71.8. The van der Waals surface area contributed by atoms with Gasteiger partial charge in [0.25, 0.3) is 47.3 Å². The number of rotatable bonds is 34. The first-order chi connectivity index (χ1) is 43.4. The van der Waals surface area contributed by atoms with Gasteiger partial charge in [0.15, 0.2) is 0 Å². The second-order valence-corrected chi connectivity index (χ2v) is 21.1. The molecule has 2 aliphatic heterocycles. The molecule has 1 atom stereocenters. The number of nitrogens with one attached hydrogen (secondary N) is 8. The molecule has 0 bridgehead atoms. The molecule has 26 nitrogen and oxygen atoms in total. The molecule has 2 aliphatic rings. The summed E-state index contributed by atoms with van der Waals surface area (Å²) in [5.41, 5.74) is 2.68. The van der Waals surface area contributed by atoms with E-state index in [1.54, 1.807) is 24.3 Å². The van der Waals surface area contributed by atoms with Crippen LogP contribution in [0.15, 0.2) is 105 Å². The Balaban J connectivity index is 0.000000330. The van der Waals surface area contributed by atoms with Gasteiger partial charge in [-0.05, 0) is 177 Å². The maximum absolute atomic E-state index is 13.2. The molecule has 0 spiro atoms. The van der Waals surface area contributed by atoms with E-state index in [0.717, 1.165) is 104 Å². The summed E-state index contributed by atoms with van der Waals surface area (Å²) in [6.45, 7) is 29.5. The van der Waals surface area contributed by atoms with Crippen LogP contribution in [0, 0.1) is 0 Å². The second kappa shape index (κ2) is 37.8. The number of nitrogens with zero attached hydrogens (tertiary/aromatic N) is 8. The van der Waals surface area contributed by atoms with E-state index in [2.05, 4.69) is 127 Å². The van der Waals surface area contributed by atoms with Crippen molar-refractivity contribution < 1.29 is 47.9 Å². The molecular weight excluding hydrogens is 1150 g/mol. The highest BCUT2D eigenvalue weighted by Gasteiger charge is 2.35. The van der Waals surface area contributed by atoms with Crippen LogP contribution < -0.4 is 42.5 Å². The number of ketones is 1. The predicted molar refractivity (Wildman–Crippen MR) is 344 cm³/mol. The number of hydrogen-bond acceptors (Lipinski definition) is 18. The number of barbiturate groups is 1. The van der Waals surface area contributed by atoms with Gasteiger partial charge in [0.1, 0.15) is 0 Å². The van der Waals surface area contributed by atoms with Gasteiger partial charge in [0, 0.05) is 65.2 Å². The molecule has 484 valence electrons. The van der Waals surface area contributed by atoms with Crippen LogP contribution in [-0.4, -0.2) is 195 Å². The van der Waals surface area contributed by atoms with E-state index >= 15 is 0 Å².